The van der Waals surface area contributed by atoms with Crippen LogP contribution in [0.4, 0.5) is 5.82 Å². The summed E-state index contributed by atoms with van der Waals surface area (Å²) in [5.41, 5.74) is 5.80. The Morgan fingerprint density at radius 2 is 2.31 bits per heavy atom. The number of rotatable bonds is 3. The van der Waals surface area contributed by atoms with Crippen LogP contribution in [-0.2, 0) is 17.8 Å². The molecule has 70 valence electrons. The zero-order valence-corrected chi connectivity index (χ0v) is 6.77. The molecule has 6 nitrogen and oxygen atoms in total. The lowest BCUT2D eigenvalue weighted by Gasteiger charge is -2.01. The summed E-state index contributed by atoms with van der Waals surface area (Å²) in [6.45, 7) is -0.251. The lowest BCUT2D eigenvalue weighted by atomic mass is 10.3. The van der Waals surface area contributed by atoms with Gasteiger partial charge in [-0.3, -0.25) is 4.79 Å². The minimum Gasteiger partial charge on any atom is -0.481 e. The maximum Gasteiger partial charge on any atom is 0.311 e. The number of aliphatic hydroxyl groups is 1. The third kappa shape index (κ3) is 2.38. The molecule has 0 atom stereocenters. The van der Waals surface area contributed by atoms with Gasteiger partial charge in [0.1, 0.15) is 18.1 Å². The second-order valence-electron chi connectivity index (χ2n) is 2.43. The van der Waals surface area contributed by atoms with Gasteiger partial charge in [0, 0.05) is 11.8 Å². The van der Waals surface area contributed by atoms with Crippen LogP contribution in [0.25, 0.3) is 0 Å². The average Bonchev–Trinajstić information content (AvgIpc) is 2.03. The van der Waals surface area contributed by atoms with Crippen molar-refractivity contribution in [1.82, 2.24) is 9.97 Å². The summed E-state index contributed by atoms with van der Waals surface area (Å²) in [6, 6.07) is 0. The molecule has 6 heteroatoms. The summed E-state index contributed by atoms with van der Waals surface area (Å²) < 4.78 is 0. The first kappa shape index (κ1) is 9.40. The van der Waals surface area contributed by atoms with Crippen LogP contribution in [-0.4, -0.2) is 26.2 Å². The normalized spacial score (nSPS) is 9.92. The standard InChI is InChI=1S/C7H9N3O3/c8-7-4(3-11)2-9-5(10-7)1-6(12)13/h2,11H,1,3H2,(H,12,13)(H2,8,9,10). The molecule has 0 saturated carbocycles. The average molecular weight is 183 g/mol. The zero-order valence-electron chi connectivity index (χ0n) is 6.77. The van der Waals surface area contributed by atoms with Crippen molar-refractivity contribution in [2.24, 2.45) is 0 Å². The fourth-order valence-electron chi connectivity index (χ4n) is 0.801. The Labute approximate surface area is 74.1 Å². The molecule has 0 radical (unpaired) electrons. The molecule has 0 amide bonds. The van der Waals surface area contributed by atoms with E-state index in [0.717, 1.165) is 0 Å². The molecule has 0 spiro atoms. The van der Waals surface area contributed by atoms with Crippen molar-refractivity contribution < 1.29 is 15.0 Å². The van der Waals surface area contributed by atoms with E-state index in [-0.39, 0.29) is 24.7 Å². The molecule has 0 aliphatic carbocycles. The van der Waals surface area contributed by atoms with Gasteiger partial charge in [0.15, 0.2) is 0 Å². The summed E-state index contributed by atoms with van der Waals surface area (Å²) in [7, 11) is 0. The third-order valence-electron chi connectivity index (χ3n) is 1.43. The van der Waals surface area contributed by atoms with Crippen molar-refractivity contribution in [3.05, 3.63) is 17.6 Å². The highest BCUT2D eigenvalue weighted by atomic mass is 16.4. The van der Waals surface area contributed by atoms with Crippen molar-refractivity contribution in [3.63, 3.8) is 0 Å². The van der Waals surface area contributed by atoms with Crippen LogP contribution in [0.5, 0.6) is 0 Å². The summed E-state index contributed by atoms with van der Waals surface area (Å²) in [5, 5.41) is 17.1. The number of carboxylic acids is 1. The van der Waals surface area contributed by atoms with E-state index in [9.17, 15) is 4.79 Å². The Hall–Kier alpha value is -1.69. The molecule has 1 rings (SSSR count). The Kier molecular flexibility index (Phi) is 2.76. The molecule has 0 aliphatic rings. The number of nitrogen functional groups attached to an aromatic ring is 1. The topological polar surface area (TPSA) is 109 Å². The second kappa shape index (κ2) is 3.81. The number of aliphatic carboxylic acids is 1. The first-order valence-electron chi connectivity index (χ1n) is 3.56. The van der Waals surface area contributed by atoms with Gasteiger partial charge in [-0.05, 0) is 0 Å². The van der Waals surface area contributed by atoms with Gasteiger partial charge < -0.3 is 15.9 Å². The number of hydrogen-bond acceptors (Lipinski definition) is 5. The molecule has 1 aromatic rings. The molecular formula is C7H9N3O3. The van der Waals surface area contributed by atoms with Crippen LogP contribution in [0.3, 0.4) is 0 Å². The molecule has 0 saturated heterocycles. The van der Waals surface area contributed by atoms with Crippen molar-refractivity contribution in [2.75, 3.05) is 5.73 Å². The molecule has 0 fully saturated rings. The summed E-state index contributed by atoms with van der Waals surface area (Å²) in [4.78, 5) is 17.7. The van der Waals surface area contributed by atoms with Gasteiger partial charge in [0.2, 0.25) is 0 Å². The van der Waals surface area contributed by atoms with Gasteiger partial charge in [0.25, 0.3) is 0 Å². The van der Waals surface area contributed by atoms with Gasteiger partial charge in [-0.15, -0.1) is 0 Å². The Balaban J connectivity index is 2.89. The molecule has 0 aromatic carbocycles. The SMILES string of the molecule is Nc1nc(CC(=O)O)ncc1CO. The number of anilines is 1. The second-order valence-corrected chi connectivity index (χ2v) is 2.43. The number of carbonyl (C=O) groups is 1. The fraction of sp³-hybridized carbons (Fsp3) is 0.286. The Morgan fingerprint density at radius 1 is 1.62 bits per heavy atom. The monoisotopic (exact) mass is 183 g/mol. The lowest BCUT2D eigenvalue weighted by Crippen LogP contribution is -2.08. The van der Waals surface area contributed by atoms with E-state index >= 15 is 0 Å². The van der Waals surface area contributed by atoms with Gasteiger partial charge >= 0.3 is 5.97 Å². The van der Waals surface area contributed by atoms with Crippen LogP contribution in [0, 0.1) is 0 Å². The Morgan fingerprint density at radius 3 is 2.77 bits per heavy atom. The molecule has 13 heavy (non-hydrogen) atoms. The predicted octanol–water partition coefficient (Wildman–Crippen LogP) is -0.822. The van der Waals surface area contributed by atoms with E-state index in [4.69, 9.17) is 15.9 Å². The highest BCUT2D eigenvalue weighted by molar-refractivity contribution is 5.69. The number of carboxylic acid groups (broad SMARTS) is 1. The van der Waals surface area contributed by atoms with Crippen LogP contribution in [0.15, 0.2) is 6.20 Å². The molecule has 0 bridgehead atoms. The summed E-state index contributed by atoms with van der Waals surface area (Å²) in [6.07, 6.45) is 1.05. The first-order chi connectivity index (χ1) is 6.13. The van der Waals surface area contributed by atoms with Crippen molar-refractivity contribution in [2.45, 2.75) is 13.0 Å². The predicted molar refractivity (Wildman–Crippen MR) is 43.7 cm³/mol. The number of aliphatic hydroxyl groups excluding tert-OH is 1. The van der Waals surface area contributed by atoms with Crippen LogP contribution in [0.2, 0.25) is 0 Å². The van der Waals surface area contributed by atoms with Crippen molar-refractivity contribution >= 4 is 11.8 Å². The third-order valence-corrected chi connectivity index (χ3v) is 1.43. The van der Waals surface area contributed by atoms with E-state index in [2.05, 4.69) is 9.97 Å². The fourth-order valence-corrected chi connectivity index (χ4v) is 0.801. The van der Waals surface area contributed by atoms with E-state index < -0.39 is 5.97 Å². The molecular weight excluding hydrogens is 174 g/mol. The molecule has 0 aliphatic heterocycles. The zero-order chi connectivity index (χ0) is 9.84. The van der Waals surface area contributed by atoms with Crippen LogP contribution >= 0.6 is 0 Å². The quantitative estimate of drug-likeness (QED) is 0.564. The van der Waals surface area contributed by atoms with Gasteiger partial charge in [0.05, 0.1) is 6.61 Å². The van der Waals surface area contributed by atoms with Gasteiger partial charge in [-0.1, -0.05) is 0 Å². The summed E-state index contributed by atoms with van der Waals surface area (Å²) in [5.74, 6) is -0.757. The molecule has 4 N–H and O–H groups in total. The van der Waals surface area contributed by atoms with E-state index in [1.54, 1.807) is 0 Å². The summed E-state index contributed by atoms with van der Waals surface area (Å²) >= 11 is 0. The number of aromatic nitrogens is 2. The number of nitrogens with two attached hydrogens (primary N) is 1. The maximum absolute atomic E-state index is 10.3. The number of nitrogens with zero attached hydrogens (tertiary/aromatic N) is 2. The van der Waals surface area contributed by atoms with Gasteiger partial charge in [-0.25, -0.2) is 9.97 Å². The smallest absolute Gasteiger partial charge is 0.311 e. The van der Waals surface area contributed by atoms with Crippen molar-refractivity contribution in [3.8, 4) is 0 Å². The van der Waals surface area contributed by atoms with Crippen LogP contribution < -0.4 is 5.73 Å². The lowest BCUT2D eigenvalue weighted by molar-refractivity contribution is -0.136. The minimum absolute atomic E-state index is 0.119. The van der Waals surface area contributed by atoms with Gasteiger partial charge in [-0.2, -0.15) is 0 Å². The van der Waals surface area contributed by atoms with E-state index in [0.29, 0.717) is 5.56 Å². The molecule has 1 aromatic heterocycles. The highest BCUT2D eigenvalue weighted by Gasteiger charge is 2.06. The molecule has 0 unspecified atom stereocenters. The van der Waals surface area contributed by atoms with Crippen LogP contribution in [0.1, 0.15) is 11.4 Å². The van der Waals surface area contributed by atoms with Crippen molar-refractivity contribution in [1.29, 1.82) is 0 Å². The molecule has 1 heterocycles. The highest BCUT2D eigenvalue weighted by Crippen LogP contribution is 2.06. The Bertz CT molecular complexity index is 327. The van der Waals surface area contributed by atoms with E-state index in [1.807, 2.05) is 0 Å². The minimum atomic E-state index is -1.02. The number of hydrogen-bond donors (Lipinski definition) is 3. The first-order valence-corrected chi connectivity index (χ1v) is 3.56. The largest absolute Gasteiger partial charge is 0.481 e. The maximum atomic E-state index is 10.3. The van der Waals surface area contributed by atoms with E-state index in [1.165, 1.54) is 6.20 Å².